The highest BCUT2D eigenvalue weighted by molar-refractivity contribution is 5.75. The Labute approximate surface area is 120 Å². The van der Waals surface area contributed by atoms with Crippen LogP contribution >= 0.6 is 0 Å². The number of hydrogen-bond acceptors (Lipinski definition) is 4. The maximum atomic E-state index is 11.4. The Hall–Kier alpha value is -1.33. The third kappa shape index (κ3) is 3.22. The molecule has 5 nitrogen and oxygen atoms in total. The average Bonchev–Trinajstić information content (AvgIpc) is 3.02. The van der Waals surface area contributed by atoms with Crippen molar-refractivity contribution in [2.45, 2.75) is 51.8 Å². The molecular formula is C15H24N2O3. The summed E-state index contributed by atoms with van der Waals surface area (Å²) in [6, 6.07) is 1.50. The molecule has 1 aliphatic heterocycles. The predicted molar refractivity (Wildman–Crippen MR) is 76.6 cm³/mol. The first-order chi connectivity index (χ1) is 9.52. The van der Waals surface area contributed by atoms with E-state index in [0.29, 0.717) is 12.5 Å². The maximum absolute atomic E-state index is 11.4. The van der Waals surface area contributed by atoms with Gasteiger partial charge in [-0.05, 0) is 44.7 Å². The topological polar surface area (TPSA) is 66.5 Å². The number of esters is 1. The van der Waals surface area contributed by atoms with E-state index in [4.69, 9.17) is 10.5 Å². The summed E-state index contributed by atoms with van der Waals surface area (Å²) >= 11 is 0. The van der Waals surface area contributed by atoms with Crippen molar-refractivity contribution in [2.75, 3.05) is 13.7 Å². The number of ether oxygens (including phenoxy) is 2. The summed E-state index contributed by atoms with van der Waals surface area (Å²) < 4.78 is 12.6. The van der Waals surface area contributed by atoms with E-state index in [1.165, 1.54) is 12.8 Å². The molecule has 2 N–H and O–H groups in total. The van der Waals surface area contributed by atoms with Crippen molar-refractivity contribution in [1.29, 1.82) is 0 Å². The highest BCUT2D eigenvalue weighted by atomic mass is 16.5. The molecule has 1 aromatic heterocycles. The average molecular weight is 280 g/mol. The molecule has 0 aliphatic carbocycles. The van der Waals surface area contributed by atoms with Gasteiger partial charge in [0.2, 0.25) is 0 Å². The Morgan fingerprint density at radius 1 is 1.60 bits per heavy atom. The summed E-state index contributed by atoms with van der Waals surface area (Å²) in [5, 5.41) is 0. The molecule has 0 aromatic carbocycles. The molecule has 5 heteroatoms. The molecular weight excluding hydrogens is 256 g/mol. The maximum Gasteiger partial charge on any atom is 0.322 e. The number of nitrogens with two attached hydrogens (primary N) is 1. The third-order valence-corrected chi connectivity index (χ3v) is 4.03. The molecule has 2 atom stereocenters. The van der Waals surface area contributed by atoms with Crippen LogP contribution in [0.2, 0.25) is 0 Å². The molecule has 112 valence electrons. The fraction of sp³-hybridized carbons (Fsp3) is 0.667. The van der Waals surface area contributed by atoms with Crippen LogP contribution in [0.5, 0.6) is 0 Å². The molecule has 20 heavy (non-hydrogen) atoms. The molecule has 0 saturated carbocycles. The van der Waals surface area contributed by atoms with Crippen molar-refractivity contribution in [3.05, 3.63) is 23.0 Å². The number of nitrogens with zero attached hydrogens (tertiary/aromatic N) is 1. The van der Waals surface area contributed by atoms with Crippen molar-refractivity contribution in [3.63, 3.8) is 0 Å². The van der Waals surface area contributed by atoms with Crippen LogP contribution in [-0.2, 0) is 27.2 Å². The number of carbonyl (C=O) groups is 1. The summed E-state index contributed by atoms with van der Waals surface area (Å²) in [7, 11) is 1.36. The van der Waals surface area contributed by atoms with Crippen molar-refractivity contribution >= 4 is 5.97 Å². The van der Waals surface area contributed by atoms with Gasteiger partial charge in [0, 0.05) is 24.5 Å². The van der Waals surface area contributed by atoms with E-state index in [9.17, 15) is 4.79 Å². The zero-order chi connectivity index (χ0) is 14.7. The van der Waals surface area contributed by atoms with Gasteiger partial charge in [-0.1, -0.05) is 0 Å². The van der Waals surface area contributed by atoms with Gasteiger partial charge < -0.3 is 19.8 Å². The third-order valence-electron chi connectivity index (χ3n) is 4.03. The van der Waals surface area contributed by atoms with Crippen LogP contribution in [0.1, 0.15) is 29.8 Å². The van der Waals surface area contributed by atoms with Crippen LogP contribution in [0.15, 0.2) is 6.07 Å². The normalized spacial score (nSPS) is 20.1. The fourth-order valence-electron chi connectivity index (χ4n) is 2.82. The van der Waals surface area contributed by atoms with E-state index in [1.807, 2.05) is 0 Å². The van der Waals surface area contributed by atoms with Gasteiger partial charge in [0.15, 0.2) is 0 Å². The lowest BCUT2D eigenvalue weighted by Crippen LogP contribution is -2.33. The minimum Gasteiger partial charge on any atom is -0.468 e. The quantitative estimate of drug-likeness (QED) is 0.826. The molecule has 0 amide bonds. The number of carbonyl (C=O) groups excluding carboxylic acids is 1. The predicted octanol–water partition coefficient (Wildman–Crippen LogP) is 1.33. The van der Waals surface area contributed by atoms with E-state index < -0.39 is 6.04 Å². The van der Waals surface area contributed by atoms with Crippen LogP contribution in [0.3, 0.4) is 0 Å². The molecule has 1 saturated heterocycles. The molecule has 1 aromatic rings. The monoisotopic (exact) mass is 280 g/mol. The van der Waals surface area contributed by atoms with Gasteiger partial charge in [0.05, 0.1) is 13.2 Å². The molecule has 1 aliphatic rings. The Morgan fingerprint density at radius 2 is 2.35 bits per heavy atom. The fourth-order valence-corrected chi connectivity index (χ4v) is 2.82. The second-order valence-electron chi connectivity index (χ2n) is 5.48. The molecule has 0 spiro atoms. The van der Waals surface area contributed by atoms with Gasteiger partial charge >= 0.3 is 5.97 Å². The van der Waals surface area contributed by atoms with Crippen molar-refractivity contribution in [1.82, 2.24) is 4.57 Å². The van der Waals surface area contributed by atoms with Gasteiger partial charge in [0.25, 0.3) is 0 Å². The van der Waals surface area contributed by atoms with Crippen LogP contribution in [0.4, 0.5) is 0 Å². The van der Waals surface area contributed by atoms with Gasteiger partial charge in [-0.25, -0.2) is 0 Å². The number of aryl methyl sites for hydroxylation is 1. The summed E-state index contributed by atoms with van der Waals surface area (Å²) in [5.74, 6) is -0.367. The standard InChI is InChI=1S/C15H24N2O3/c1-10-7-12(8-14(16)15(18)19-3)11(2)17(10)9-13-5-4-6-20-13/h7,13-14H,4-6,8-9,16H2,1-3H3. The SMILES string of the molecule is COC(=O)C(N)Cc1cc(C)n(CC2CCCO2)c1C. The summed E-state index contributed by atoms with van der Waals surface area (Å²) in [4.78, 5) is 11.4. The van der Waals surface area contributed by atoms with E-state index in [0.717, 1.165) is 37.3 Å². The van der Waals surface area contributed by atoms with Crippen molar-refractivity contribution in [3.8, 4) is 0 Å². The van der Waals surface area contributed by atoms with Crippen LogP contribution < -0.4 is 5.73 Å². The zero-order valence-electron chi connectivity index (χ0n) is 12.5. The van der Waals surface area contributed by atoms with Gasteiger partial charge in [0.1, 0.15) is 6.04 Å². The first-order valence-corrected chi connectivity index (χ1v) is 7.13. The van der Waals surface area contributed by atoms with E-state index in [-0.39, 0.29) is 5.97 Å². The molecule has 1 fully saturated rings. The van der Waals surface area contributed by atoms with E-state index in [2.05, 4.69) is 29.2 Å². The zero-order valence-corrected chi connectivity index (χ0v) is 12.5. The van der Waals surface area contributed by atoms with E-state index >= 15 is 0 Å². The lowest BCUT2D eigenvalue weighted by molar-refractivity contribution is -0.142. The highest BCUT2D eigenvalue weighted by Gasteiger charge is 2.21. The summed E-state index contributed by atoms with van der Waals surface area (Å²) in [5.41, 5.74) is 9.30. The highest BCUT2D eigenvalue weighted by Crippen LogP contribution is 2.21. The first kappa shape index (κ1) is 15.1. The van der Waals surface area contributed by atoms with Gasteiger partial charge in [-0.15, -0.1) is 0 Å². The largest absolute Gasteiger partial charge is 0.468 e. The first-order valence-electron chi connectivity index (χ1n) is 7.13. The second kappa shape index (κ2) is 6.41. The second-order valence-corrected chi connectivity index (χ2v) is 5.48. The van der Waals surface area contributed by atoms with Gasteiger partial charge in [-0.3, -0.25) is 4.79 Å². The minimum absolute atomic E-state index is 0.307. The van der Waals surface area contributed by atoms with Crippen molar-refractivity contribution < 1.29 is 14.3 Å². The van der Waals surface area contributed by atoms with Crippen molar-refractivity contribution in [2.24, 2.45) is 5.73 Å². The number of rotatable bonds is 5. The van der Waals surface area contributed by atoms with Crippen LogP contribution in [0.25, 0.3) is 0 Å². The number of methoxy groups -OCH3 is 1. The molecule has 0 bridgehead atoms. The number of hydrogen-bond donors (Lipinski definition) is 1. The lowest BCUT2D eigenvalue weighted by atomic mass is 10.1. The molecule has 2 rings (SSSR count). The Balaban J connectivity index is 2.09. The lowest BCUT2D eigenvalue weighted by Gasteiger charge is -2.15. The Bertz CT molecular complexity index is 476. The molecule has 2 unspecified atom stereocenters. The Kier molecular flexibility index (Phi) is 4.83. The smallest absolute Gasteiger partial charge is 0.322 e. The molecule has 2 heterocycles. The molecule has 0 radical (unpaired) electrons. The summed E-state index contributed by atoms with van der Waals surface area (Å²) in [6.07, 6.45) is 3.08. The number of aromatic nitrogens is 1. The van der Waals surface area contributed by atoms with Crippen LogP contribution in [-0.4, -0.2) is 36.4 Å². The Morgan fingerprint density at radius 3 is 2.95 bits per heavy atom. The minimum atomic E-state index is -0.600. The van der Waals surface area contributed by atoms with E-state index in [1.54, 1.807) is 0 Å². The van der Waals surface area contributed by atoms with Crippen LogP contribution in [0, 0.1) is 13.8 Å². The van der Waals surface area contributed by atoms with Gasteiger partial charge in [-0.2, -0.15) is 0 Å². The summed E-state index contributed by atoms with van der Waals surface area (Å²) in [6.45, 7) is 5.89.